The molecular weight excluding hydrogens is 142 g/mol. The van der Waals surface area contributed by atoms with Gasteiger partial charge in [-0.05, 0) is 12.8 Å². The van der Waals surface area contributed by atoms with Crippen molar-refractivity contribution in [2.45, 2.75) is 12.8 Å². The van der Waals surface area contributed by atoms with Gasteiger partial charge in [0, 0.05) is 6.08 Å². The molecule has 1 aliphatic carbocycles. The largest absolute Gasteiger partial charge is 0.466 e. The Labute approximate surface area is 65.3 Å². The maximum atomic E-state index is 10.6. The van der Waals surface area contributed by atoms with Gasteiger partial charge in [-0.1, -0.05) is 5.57 Å². The monoisotopic (exact) mass is 151 g/mol. The average Bonchev–Trinajstić information content (AvgIpc) is 1.95. The lowest BCUT2D eigenvalue weighted by Gasteiger charge is -2.21. The van der Waals surface area contributed by atoms with Crippen molar-refractivity contribution in [1.29, 1.82) is 5.26 Å². The van der Waals surface area contributed by atoms with Gasteiger partial charge >= 0.3 is 5.97 Å². The molecule has 11 heavy (non-hydrogen) atoms. The van der Waals surface area contributed by atoms with Crippen molar-refractivity contribution < 1.29 is 9.53 Å². The molecule has 1 fully saturated rings. The summed E-state index contributed by atoms with van der Waals surface area (Å²) in [5, 5.41) is 8.40. The summed E-state index contributed by atoms with van der Waals surface area (Å²) in [7, 11) is 1.35. The molecule has 1 rings (SSSR count). The molecule has 0 heterocycles. The number of nitrogens with zero attached hydrogens (tertiary/aromatic N) is 1. The minimum absolute atomic E-state index is 0.117. The molecule has 0 saturated heterocycles. The lowest BCUT2D eigenvalue weighted by atomic mass is 9.81. The van der Waals surface area contributed by atoms with E-state index in [2.05, 4.69) is 10.8 Å². The second-order valence-corrected chi connectivity index (χ2v) is 2.56. The number of hydrogen-bond acceptors (Lipinski definition) is 3. The first-order valence-corrected chi connectivity index (χ1v) is 3.43. The van der Waals surface area contributed by atoms with Gasteiger partial charge in [-0.15, -0.1) is 0 Å². The van der Waals surface area contributed by atoms with Crippen LogP contribution in [0.2, 0.25) is 0 Å². The second-order valence-electron chi connectivity index (χ2n) is 2.56. The second kappa shape index (κ2) is 3.20. The first-order valence-electron chi connectivity index (χ1n) is 3.43. The number of allylic oxidation sites excluding steroid dienone is 1. The predicted molar refractivity (Wildman–Crippen MR) is 38.4 cm³/mol. The number of methoxy groups -OCH3 is 1. The van der Waals surface area contributed by atoms with E-state index in [-0.39, 0.29) is 11.9 Å². The van der Waals surface area contributed by atoms with Crippen molar-refractivity contribution in [3.05, 3.63) is 11.6 Å². The Balaban J connectivity index is 2.38. The lowest BCUT2D eigenvalue weighted by molar-refractivity contribution is -0.134. The van der Waals surface area contributed by atoms with Gasteiger partial charge in [-0.3, -0.25) is 0 Å². The van der Waals surface area contributed by atoms with Crippen LogP contribution < -0.4 is 0 Å². The average molecular weight is 151 g/mol. The zero-order chi connectivity index (χ0) is 8.27. The van der Waals surface area contributed by atoms with E-state index in [9.17, 15) is 4.79 Å². The van der Waals surface area contributed by atoms with Crippen LogP contribution in [0.1, 0.15) is 12.8 Å². The Morgan fingerprint density at radius 3 is 2.91 bits per heavy atom. The molecule has 3 heteroatoms. The zero-order valence-electron chi connectivity index (χ0n) is 6.33. The molecule has 0 bridgehead atoms. The summed E-state index contributed by atoms with van der Waals surface area (Å²) >= 11 is 0. The third kappa shape index (κ3) is 1.81. The van der Waals surface area contributed by atoms with Gasteiger partial charge in [0.05, 0.1) is 19.1 Å². The quantitative estimate of drug-likeness (QED) is 0.415. The lowest BCUT2D eigenvalue weighted by Crippen LogP contribution is -2.14. The number of rotatable bonds is 1. The molecule has 0 spiro atoms. The third-order valence-corrected chi connectivity index (χ3v) is 1.72. The highest BCUT2D eigenvalue weighted by Crippen LogP contribution is 2.31. The smallest absolute Gasteiger partial charge is 0.330 e. The van der Waals surface area contributed by atoms with E-state index in [0.717, 1.165) is 18.4 Å². The van der Waals surface area contributed by atoms with Crippen LogP contribution in [0.15, 0.2) is 11.6 Å². The van der Waals surface area contributed by atoms with Crippen LogP contribution in [-0.2, 0) is 9.53 Å². The Morgan fingerprint density at radius 2 is 2.45 bits per heavy atom. The molecule has 0 atom stereocenters. The number of nitriles is 1. The molecule has 1 saturated carbocycles. The van der Waals surface area contributed by atoms with E-state index in [4.69, 9.17) is 5.26 Å². The van der Waals surface area contributed by atoms with Crippen LogP contribution in [0.4, 0.5) is 0 Å². The molecule has 0 radical (unpaired) electrons. The van der Waals surface area contributed by atoms with Crippen molar-refractivity contribution in [2.24, 2.45) is 5.92 Å². The molecule has 0 unspecified atom stereocenters. The van der Waals surface area contributed by atoms with Gasteiger partial charge in [0.2, 0.25) is 0 Å². The topological polar surface area (TPSA) is 50.1 Å². The summed E-state index contributed by atoms with van der Waals surface area (Å²) in [6, 6.07) is 2.13. The molecule has 0 aromatic rings. The van der Waals surface area contributed by atoms with E-state index in [1.807, 2.05) is 0 Å². The van der Waals surface area contributed by atoms with E-state index in [0.29, 0.717) is 0 Å². The van der Waals surface area contributed by atoms with E-state index >= 15 is 0 Å². The van der Waals surface area contributed by atoms with Gasteiger partial charge in [0.15, 0.2) is 0 Å². The molecule has 0 aliphatic heterocycles. The van der Waals surface area contributed by atoms with E-state index < -0.39 is 0 Å². The highest BCUT2D eigenvalue weighted by Gasteiger charge is 2.23. The van der Waals surface area contributed by atoms with Crippen molar-refractivity contribution in [3.8, 4) is 6.07 Å². The standard InChI is InChI=1S/C8H9NO2/c1-11-8(10)4-6-2-7(3-6)5-9/h4,7H,2-3H2,1H3. The van der Waals surface area contributed by atoms with Gasteiger partial charge in [-0.2, -0.15) is 5.26 Å². The Bertz CT molecular complexity index is 229. The molecule has 0 amide bonds. The molecule has 58 valence electrons. The maximum absolute atomic E-state index is 10.6. The van der Waals surface area contributed by atoms with Gasteiger partial charge < -0.3 is 4.74 Å². The third-order valence-electron chi connectivity index (χ3n) is 1.72. The molecule has 1 aliphatic rings. The SMILES string of the molecule is COC(=O)C=C1CC(C#N)C1. The van der Waals surface area contributed by atoms with Crippen LogP contribution in [0.5, 0.6) is 0 Å². The predicted octanol–water partition coefficient (Wildman–Crippen LogP) is 1.02. The fourth-order valence-electron chi connectivity index (χ4n) is 1.01. The summed E-state index contributed by atoms with van der Waals surface area (Å²) < 4.78 is 4.43. The fourth-order valence-corrected chi connectivity index (χ4v) is 1.01. The number of carbonyl (C=O) groups excluding carboxylic acids is 1. The highest BCUT2D eigenvalue weighted by atomic mass is 16.5. The Kier molecular flexibility index (Phi) is 2.27. The minimum atomic E-state index is -0.323. The van der Waals surface area contributed by atoms with E-state index in [1.54, 1.807) is 0 Å². The van der Waals surface area contributed by atoms with Crippen molar-refractivity contribution in [1.82, 2.24) is 0 Å². The normalized spacial score (nSPS) is 21.5. The van der Waals surface area contributed by atoms with Crippen molar-refractivity contribution >= 4 is 5.97 Å². The number of ether oxygens (including phenoxy) is 1. The van der Waals surface area contributed by atoms with Gasteiger partial charge in [-0.25, -0.2) is 4.79 Å². The Hall–Kier alpha value is -1.30. The molecule has 3 nitrogen and oxygen atoms in total. The minimum Gasteiger partial charge on any atom is -0.466 e. The zero-order valence-corrected chi connectivity index (χ0v) is 6.33. The van der Waals surface area contributed by atoms with Gasteiger partial charge in [0.1, 0.15) is 0 Å². The molecule has 0 aromatic carbocycles. The van der Waals surface area contributed by atoms with Gasteiger partial charge in [0.25, 0.3) is 0 Å². The summed E-state index contributed by atoms with van der Waals surface area (Å²) in [5.41, 5.74) is 1.02. The summed E-state index contributed by atoms with van der Waals surface area (Å²) in [6.45, 7) is 0. The van der Waals surface area contributed by atoms with Crippen molar-refractivity contribution in [2.75, 3.05) is 7.11 Å². The summed E-state index contributed by atoms with van der Waals surface area (Å²) in [6.07, 6.45) is 2.92. The van der Waals surface area contributed by atoms with Crippen LogP contribution in [-0.4, -0.2) is 13.1 Å². The number of esters is 1. The summed E-state index contributed by atoms with van der Waals surface area (Å²) in [4.78, 5) is 10.6. The molecular formula is C8H9NO2. The molecule has 0 aromatic heterocycles. The first-order chi connectivity index (χ1) is 5.26. The molecule has 0 N–H and O–H groups in total. The summed E-state index contributed by atoms with van der Waals surface area (Å²) in [5.74, 6) is -0.206. The number of hydrogen-bond donors (Lipinski definition) is 0. The fraction of sp³-hybridized carbons (Fsp3) is 0.500. The van der Waals surface area contributed by atoms with Crippen LogP contribution in [0.3, 0.4) is 0 Å². The van der Waals surface area contributed by atoms with Crippen molar-refractivity contribution in [3.63, 3.8) is 0 Å². The highest BCUT2D eigenvalue weighted by molar-refractivity contribution is 5.82. The van der Waals surface area contributed by atoms with Crippen LogP contribution in [0.25, 0.3) is 0 Å². The van der Waals surface area contributed by atoms with Crippen LogP contribution in [0, 0.1) is 17.2 Å². The number of carbonyl (C=O) groups is 1. The Morgan fingerprint density at radius 1 is 1.82 bits per heavy atom. The van der Waals surface area contributed by atoms with E-state index in [1.165, 1.54) is 13.2 Å². The van der Waals surface area contributed by atoms with Crippen LogP contribution >= 0.6 is 0 Å². The maximum Gasteiger partial charge on any atom is 0.330 e. The first kappa shape index (κ1) is 7.80.